The van der Waals surface area contributed by atoms with Crippen molar-refractivity contribution in [3.8, 4) is 0 Å². The average Bonchev–Trinajstić information content (AvgIpc) is 2.82. The number of cyclic esters (lactones) is 1. The molecule has 0 saturated carbocycles. The summed E-state index contributed by atoms with van der Waals surface area (Å²) in [7, 11) is 0. The summed E-state index contributed by atoms with van der Waals surface area (Å²) in [5.74, 6) is 0. The topological polar surface area (TPSA) is 38.3 Å². The maximum Gasteiger partial charge on any atom is 0.408 e. The summed E-state index contributed by atoms with van der Waals surface area (Å²) >= 11 is 0. The molecule has 0 spiro atoms. The van der Waals surface area contributed by atoms with Crippen molar-refractivity contribution in [1.29, 1.82) is 0 Å². The molecule has 1 aliphatic rings. The van der Waals surface area contributed by atoms with Crippen LogP contribution in [0, 0.1) is 0 Å². The zero-order valence-electron chi connectivity index (χ0n) is 14.6. The number of carbonyl (C=O) groups is 1. The molecule has 3 nitrogen and oxygen atoms in total. The minimum atomic E-state index is -0.295. The van der Waals surface area contributed by atoms with Gasteiger partial charge in [-0.3, -0.25) is 0 Å². The Kier molecular flexibility index (Phi) is 10.9. The summed E-state index contributed by atoms with van der Waals surface area (Å²) in [5, 5.41) is 2.75. The largest absolute Gasteiger partial charge is 0.440 e. The number of alkyl carbamates (subject to hydrolysis) is 1. The molecule has 1 aliphatic heterocycles. The molecule has 0 aliphatic carbocycles. The second-order valence-corrected chi connectivity index (χ2v) is 6.56. The molecule has 3 heteroatoms. The Labute approximate surface area is 136 Å². The summed E-state index contributed by atoms with van der Waals surface area (Å²) in [6.07, 6.45) is 20.1. The standard InChI is InChI=1S/C19H35NO2/c1-3-4-5-6-7-8-9-10-11-12-13-14-15-16-18-17(2)20-19(21)22-18/h15-18H,3-14H2,1-2H3,(H,20,21)/b16-15+/t17-,18-/m1/s1. The quantitative estimate of drug-likeness (QED) is 0.348. The smallest absolute Gasteiger partial charge is 0.408 e. The van der Waals surface area contributed by atoms with Gasteiger partial charge >= 0.3 is 6.09 Å². The molecule has 1 amide bonds. The summed E-state index contributed by atoms with van der Waals surface area (Å²) in [4.78, 5) is 11.0. The number of nitrogens with one attached hydrogen (secondary N) is 1. The molecule has 22 heavy (non-hydrogen) atoms. The van der Waals surface area contributed by atoms with Crippen molar-refractivity contribution in [3.05, 3.63) is 12.2 Å². The van der Waals surface area contributed by atoms with Crippen molar-refractivity contribution < 1.29 is 9.53 Å². The van der Waals surface area contributed by atoms with Crippen molar-refractivity contribution >= 4 is 6.09 Å². The predicted molar refractivity (Wildman–Crippen MR) is 93.1 cm³/mol. The molecule has 1 heterocycles. The number of hydrogen-bond donors (Lipinski definition) is 1. The lowest BCUT2D eigenvalue weighted by Gasteiger charge is -2.06. The van der Waals surface area contributed by atoms with Crippen LogP contribution in [0.4, 0.5) is 4.79 Å². The molecule has 1 fully saturated rings. The van der Waals surface area contributed by atoms with Crippen molar-refractivity contribution in [2.75, 3.05) is 0 Å². The molecule has 0 aromatic carbocycles. The highest BCUT2D eigenvalue weighted by Crippen LogP contribution is 2.13. The second kappa shape index (κ2) is 12.5. The van der Waals surface area contributed by atoms with Crippen LogP contribution in [-0.2, 0) is 4.74 Å². The number of hydrogen-bond acceptors (Lipinski definition) is 2. The van der Waals surface area contributed by atoms with Crippen LogP contribution in [0.15, 0.2) is 12.2 Å². The Hall–Kier alpha value is -0.990. The van der Waals surface area contributed by atoms with Crippen LogP contribution in [0.1, 0.15) is 90.9 Å². The number of allylic oxidation sites excluding steroid dienone is 1. The van der Waals surface area contributed by atoms with Gasteiger partial charge in [-0.15, -0.1) is 0 Å². The first-order valence-electron chi connectivity index (χ1n) is 9.38. The monoisotopic (exact) mass is 309 g/mol. The zero-order chi connectivity index (χ0) is 16.0. The highest BCUT2D eigenvalue weighted by Gasteiger charge is 2.27. The lowest BCUT2D eigenvalue weighted by Crippen LogP contribution is -2.26. The zero-order valence-corrected chi connectivity index (χ0v) is 14.6. The normalized spacial score (nSPS) is 21.3. The lowest BCUT2D eigenvalue weighted by atomic mass is 10.0. The molecule has 2 atom stereocenters. The summed E-state index contributed by atoms with van der Waals surface area (Å²) in [6, 6.07) is 0.0982. The van der Waals surface area contributed by atoms with Gasteiger partial charge in [0.15, 0.2) is 0 Å². The van der Waals surface area contributed by atoms with Crippen LogP contribution in [-0.4, -0.2) is 18.2 Å². The Balaban J connectivity index is 1.83. The SMILES string of the molecule is CCCCCCCCCCCCC/C=C/[C@H]1OC(=O)N[C@@H]1C. The first kappa shape index (κ1) is 19.1. The molecule has 0 bridgehead atoms. The van der Waals surface area contributed by atoms with E-state index in [-0.39, 0.29) is 18.2 Å². The first-order valence-corrected chi connectivity index (χ1v) is 9.38. The van der Waals surface area contributed by atoms with Gasteiger partial charge in [-0.05, 0) is 25.8 Å². The van der Waals surface area contributed by atoms with Crippen LogP contribution < -0.4 is 5.32 Å². The van der Waals surface area contributed by atoms with E-state index in [0.717, 1.165) is 6.42 Å². The molecule has 128 valence electrons. The molecule has 0 aromatic heterocycles. The number of rotatable bonds is 13. The van der Waals surface area contributed by atoms with Gasteiger partial charge in [-0.25, -0.2) is 4.79 Å². The van der Waals surface area contributed by atoms with Gasteiger partial charge in [0.25, 0.3) is 0 Å². The van der Waals surface area contributed by atoms with E-state index in [2.05, 4.69) is 18.3 Å². The molecule has 1 N–H and O–H groups in total. The van der Waals surface area contributed by atoms with Crippen LogP contribution in [0.3, 0.4) is 0 Å². The van der Waals surface area contributed by atoms with Crippen LogP contribution >= 0.6 is 0 Å². The van der Waals surface area contributed by atoms with Crippen LogP contribution in [0.25, 0.3) is 0 Å². The number of ether oxygens (including phenoxy) is 1. The van der Waals surface area contributed by atoms with Crippen LogP contribution in [0.2, 0.25) is 0 Å². The number of unbranched alkanes of at least 4 members (excludes halogenated alkanes) is 11. The van der Waals surface area contributed by atoms with E-state index in [1.165, 1.54) is 70.6 Å². The van der Waals surface area contributed by atoms with E-state index < -0.39 is 0 Å². The average molecular weight is 309 g/mol. The van der Waals surface area contributed by atoms with E-state index in [1.54, 1.807) is 0 Å². The third kappa shape index (κ3) is 9.11. The van der Waals surface area contributed by atoms with Crippen molar-refractivity contribution in [2.45, 2.75) is 103 Å². The van der Waals surface area contributed by atoms with Gasteiger partial charge in [-0.1, -0.05) is 77.2 Å². The van der Waals surface area contributed by atoms with Crippen molar-refractivity contribution in [3.63, 3.8) is 0 Å². The third-order valence-electron chi connectivity index (χ3n) is 4.38. The van der Waals surface area contributed by atoms with Gasteiger partial charge in [0.2, 0.25) is 0 Å². The van der Waals surface area contributed by atoms with E-state index in [0.29, 0.717) is 0 Å². The van der Waals surface area contributed by atoms with E-state index >= 15 is 0 Å². The molecule has 0 radical (unpaired) electrons. The molecule has 1 saturated heterocycles. The molecule has 0 unspecified atom stereocenters. The van der Waals surface area contributed by atoms with E-state index in [1.807, 2.05) is 13.0 Å². The van der Waals surface area contributed by atoms with Crippen molar-refractivity contribution in [1.82, 2.24) is 5.32 Å². The fraction of sp³-hybridized carbons (Fsp3) is 0.842. The number of amides is 1. The fourth-order valence-electron chi connectivity index (χ4n) is 2.89. The van der Waals surface area contributed by atoms with E-state index in [4.69, 9.17) is 4.74 Å². The molecule has 1 rings (SSSR count). The van der Waals surface area contributed by atoms with Gasteiger partial charge in [0.05, 0.1) is 6.04 Å². The molecular formula is C19H35NO2. The van der Waals surface area contributed by atoms with Gasteiger partial charge in [0.1, 0.15) is 6.10 Å². The third-order valence-corrected chi connectivity index (χ3v) is 4.38. The lowest BCUT2D eigenvalue weighted by molar-refractivity contribution is 0.154. The van der Waals surface area contributed by atoms with Crippen molar-refractivity contribution in [2.24, 2.45) is 0 Å². The van der Waals surface area contributed by atoms with Gasteiger partial charge < -0.3 is 10.1 Å². The maximum atomic E-state index is 11.0. The second-order valence-electron chi connectivity index (χ2n) is 6.56. The first-order chi connectivity index (χ1) is 10.7. The maximum absolute atomic E-state index is 11.0. The summed E-state index contributed by atoms with van der Waals surface area (Å²) in [6.45, 7) is 4.25. The van der Waals surface area contributed by atoms with Gasteiger partial charge in [-0.2, -0.15) is 0 Å². The Bertz CT molecular complexity index is 315. The Morgan fingerprint density at radius 1 is 0.955 bits per heavy atom. The Morgan fingerprint density at radius 2 is 1.50 bits per heavy atom. The predicted octanol–water partition coefficient (Wildman–Crippen LogP) is 5.74. The van der Waals surface area contributed by atoms with E-state index in [9.17, 15) is 4.79 Å². The highest BCUT2D eigenvalue weighted by atomic mass is 16.6. The number of carbonyl (C=O) groups excluding carboxylic acids is 1. The Morgan fingerprint density at radius 3 is 2.00 bits per heavy atom. The van der Waals surface area contributed by atoms with Gasteiger partial charge in [0, 0.05) is 0 Å². The van der Waals surface area contributed by atoms with Crippen LogP contribution in [0.5, 0.6) is 0 Å². The minimum absolute atomic E-state index is 0.0831. The molecule has 0 aromatic rings. The summed E-state index contributed by atoms with van der Waals surface area (Å²) in [5.41, 5.74) is 0. The highest BCUT2D eigenvalue weighted by molar-refractivity contribution is 5.70. The minimum Gasteiger partial charge on any atom is -0.440 e. The molecular weight excluding hydrogens is 274 g/mol. The fourth-order valence-corrected chi connectivity index (χ4v) is 2.89. The summed E-state index contributed by atoms with van der Waals surface area (Å²) < 4.78 is 5.14.